The van der Waals surface area contributed by atoms with E-state index in [0.29, 0.717) is 18.8 Å². The van der Waals surface area contributed by atoms with E-state index >= 15 is 0 Å². The largest absolute Gasteiger partial charge is 0.454 e. The van der Waals surface area contributed by atoms with Crippen LogP contribution in [0.2, 0.25) is 0 Å². The van der Waals surface area contributed by atoms with Gasteiger partial charge in [0.15, 0.2) is 11.5 Å². The Labute approximate surface area is 150 Å². The van der Waals surface area contributed by atoms with Crippen molar-refractivity contribution in [1.82, 2.24) is 16.2 Å². The monoisotopic (exact) mass is 349 g/mol. The van der Waals surface area contributed by atoms with Crippen LogP contribution in [0.3, 0.4) is 0 Å². The van der Waals surface area contributed by atoms with Crippen molar-refractivity contribution in [3.63, 3.8) is 0 Å². The molecule has 6 nitrogen and oxygen atoms in total. The van der Waals surface area contributed by atoms with Gasteiger partial charge in [0.1, 0.15) is 0 Å². The molecular formula is C19H31N3O3. The summed E-state index contributed by atoms with van der Waals surface area (Å²) in [6.07, 6.45) is 2.95. The second-order valence-corrected chi connectivity index (χ2v) is 7.89. The number of benzene rings is 1. The summed E-state index contributed by atoms with van der Waals surface area (Å²) in [4.78, 5) is 0. The molecule has 0 bridgehead atoms. The SMILES string of the molecule is CC(CCCC(C)(C)O)NCC1CNNC1c1ccc2c(c1)OCO2. The molecule has 6 heteroatoms. The second-order valence-electron chi connectivity index (χ2n) is 7.89. The van der Waals surface area contributed by atoms with Crippen molar-refractivity contribution < 1.29 is 14.6 Å². The Hall–Kier alpha value is -1.34. The van der Waals surface area contributed by atoms with Crippen molar-refractivity contribution in [2.24, 2.45) is 5.92 Å². The lowest BCUT2D eigenvalue weighted by Crippen LogP contribution is -2.34. The first-order chi connectivity index (χ1) is 11.9. The topological polar surface area (TPSA) is 74.8 Å². The van der Waals surface area contributed by atoms with Gasteiger partial charge < -0.3 is 19.9 Å². The van der Waals surface area contributed by atoms with E-state index < -0.39 is 5.60 Å². The lowest BCUT2D eigenvalue weighted by atomic mass is 9.94. The molecule has 1 aromatic carbocycles. The smallest absolute Gasteiger partial charge is 0.231 e. The van der Waals surface area contributed by atoms with Crippen molar-refractivity contribution in [1.29, 1.82) is 0 Å². The summed E-state index contributed by atoms with van der Waals surface area (Å²) in [6, 6.07) is 6.87. The highest BCUT2D eigenvalue weighted by molar-refractivity contribution is 5.45. The van der Waals surface area contributed by atoms with Gasteiger partial charge in [-0.05, 0) is 57.7 Å². The lowest BCUT2D eigenvalue weighted by molar-refractivity contribution is 0.0675. The Morgan fingerprint density at radius 2 is 2.12 bits per heavy atom. The van der Waals surface area contributed by atoms with E-state index in [1.54, 1.807) is 0 Å². The molecule has 3 rings (SSSR count). The molecule has 140 valence electrons. The molecule has 4 N–H and O–H groups in total. The molecule has 2 heterocycles. The molecule has 3 atom stereocenters. The van der Waals surface area contributed by atoms with Crippen LogP contribution in [0.1, 0.15) is 51.6 Å². The molecule has 1 fully saturated rings. The van der Waals surface area contributed by atoms with Gasteiger partial charge in [-0.1, -0.05) is 6.07 Å². The Bertz CT molecular complexity index is 574. The molecule has 0 spiro atoms. The Balaban J connectivity index is 1.49. The summed E-state index contributed by atoms with van der Waals surface area (Å²) in [5.41, 5.74) is 7.31. The highest BCUT2D eigenvalue weighted by Gasteiger charge is 2.29. The number of fused-ring (bicyclic) bond motifs is 1. The first-order valence-electron chi connectivity index (χ1n) is 9.26. The zero-order valence-electron chi connectivity index (χ0n) is 15.5. The average molecular weight is 349 g/mol. The van der Waals surface area contributed by atoms with Gasteiger partial charge in [-0.3, -0.25) is 5.43 Å². The molecule has 0 amide bonds. The number of hydrogen-bond donors (Lipinski definition) is 4. The average Bonchev–Trinajstić information content (AvgIpc) is 3.19. The van der Waals surface area contributed by atoms with Crippen LogP contribution in [0.25, 0.3) is 0 Å². The van der Waals surface area contributed by atoms with E-state index in [2.05, 4.69) is 35.2 Å². The number of hydrazine groups is 1. The van der Waals surface area contributed by atoms with Crippen LogP contribution in [-0.2, 0) is 0 Å². The minimum absolute atomic E-state index is 0.255. The van der Waals surface area contributed by atoms with Crippen molar-refractivity contribution in [3.8, 4) is 11.5 Å². The van der Waals surface area contributed by atoms with Gasteiger partial charge >= 0.3 is 0 Å². The van der Waals surface area contributed by atoms with Crippen molar-refractivity contribution in [2.45, 2.75) is 57.7 Å². The molecule has 1 aromatic rings. The number of ether oxygens (including phenoxy) is 2. The molecule has 25 heavy (non-hydrogen) atoms. The molecule has 1 saturated heterocycles. The van der Waals surface area contributed by atoms with Gasteiger partial charge in [-0.2, -0.15) is 0 Å². The predicted octanol–water partition coefficient (Wildman–Crippen LogP) is 2.10. The highest BCUT2D eigenvalue weighted by Crippen LogP contribution is 2.36. The fraction of sp³-hybridized carbons (Fsp3) is 0.684. The van der Waals surface area contributed by atoms with E-state index in [4.69, 9.17) is 9.47 Å². The Kier molecular flexibility index (Phi) is 5.84. The van der Waals surface area contributed by atoms with Crippen LogP contribution in [0.5, 0.6) is 11.5 Å². The van der Waals surface area contributed by atoms with Crippen LogP contribution in [-0.4, -0.2) is 36.6 Å². The summed E-state index contributed by atoms with van der Waals surface area (Å²) >= 11 is 0. The van der Waals surface area contributed by atoms with Crippen LogP contribution in [0.15, 0.2) is 18.2 Å². The number of nitrogens with one attached hydrogen (secondary N) is 3. The third-order valence-electron chi connectivity index (χ3n) is 5.00. The molecule has 0 saturated carbocycles. The van der Waals surface area contributed by atoms with Crippen LogP contribution in [0.4, 0.5) is 0 Å². The summed E-state index contributed by atoms with van der Waals surface area (Å²) < 4.78 is 10.9. The zero-order chi connectivity index (χ0) is 17.9. The van der Waals surface area contributed by atoms with Gasteiger partial charge in [-0.25, -0.2) is 5.43 Å². The predicted molar refractivity (Wildman–Crippen MR) is 97.5 cm³/mol. The van der Waals surface area contributed by atoms with Crippen LogP contribution >= 0.6 is 0 Å². The summed E-state index contributed by atoms with van der Waals surface area (Å²) in [5.74, 6) is 2.12. The molecule has 3 unspecified atom stereocenters. The fourth-order valence-corrected chi connectivity index (χ4v) is 3.48. The summed E-state index contributed by atoms with van der Waals surface area (Å²) in [7, 11) is 0. The molecule has 0 aromatic heterocycles. The van der Waals surface area contributed by atoms with Gasteiger partial charge in [0.05, 0.1) is 11.6 Å². The van der Waals surface area contributed by atoms with Crippen LogP contribution < -0.4 is 25.6 Å². The van der Waals surface area contributed by atoms with E-state index in [9.17, 15) is 5.11 Å². The third kappa shape index (κ3) is 5.07. The first-order valence-corrected chi connectivity index (χ1v) is 9.26. The van der Waals surface area contributed by atoms with Crippen molar-refractivity contribution in [3.05, 3.63) is 23.8 Å². The van der Waals surface area contributed by atoms with Crippen molar-refractivity contribution in [2.75, 3.05) is 19.9 Å². The van der Waals surface area contributed by atoms with Gasteiger partial charge in [0.2, 0.25) is 6.79 Å². The molecule has 2 aliphatic rings. The third-order valence-corrected chi connectivity index (χ3v) is 5.00. The first kappa shape index (κ1) is 18.5. The van der Waals surface area contributed by atoms with E-state index in [-0.39, 0.29) is 6.04 Å². The number of hydrogen-bond acceptors (Lipinski definition) is 6. The molecule has 0 aliphatic carbocycles. The zero-order valence-corrected chi connectivity index (χ0v) is 15.5. The fourth-order valence-electron chi connectivity index (χ4n) is 3.48. The maximum atomic E-state index is 9.80. The minimum atomic E-state index is -0.566. The molecule has 2 aliphatic heterocycles. The minimum Gasteiger partial charge on any atom is -0.454 e. The van der Waals surface area contributed by atoms with Gasteiger partial charge in [-0.15, -0.1) is 0 Å². The normalized spacial score (nSPS) is 23.8. The maximum Gasteiger partial charge on any atom is 0.231 e. The standard InChI is InChI=1S/C19H31N3O3/c1-13(5-4-8-19(2,3)23)20-10-15-11-21-22-18(15)14-6-7-16-17(9-14)25-12-24-16/h6-7,9,13,15,18,20-23H,4-5,8,10-12H2,1-3H3. The second kappa shape index (κ2) is 7.91. The van der Waals surface area contributed by atoms with Gasteiger partial charge in [0, 0.05) is 25.0 Å². The summed E-state index contributed by atoms with van der Waals surface area (Å²) in [6.45, 7) is 8.15. The van der Waals surface area contributed by atoms with Crippen molar-refractivity contribution >= 4 is 0 Å². The summed E-state index contributed by atoms with van der Waals surface area (Å²) in [5, 5.41) is 13.4. The Morgan fingerprint density at radius 3 is 2.92 bits per heavy atom. The number of rotatable bonds is 8. The lowest BCUT2D eigenvalue weighted by Gasteiger charge is -2.23. The van der Waals surface area contributed by atoms with E-state index in [0.717, 1.165) is 43.9 Å². The quantitative estimate of drug-likeness (QED) is 0.576. The van der Waals surface area contributed by atoms with Gasteiger partial charge in [0.25, 0.3) is 0 Å². The highest BCUT2D eigenvalue weighted by atomic mass is 16.7. The molecule has 0 radical (unpaired) electrons. The van der Waals surface area contributed by atoms with Crippen LogP contribution in [0, 0.1) is 5.92 Å². The maximum absolute atomic E-state index is 9.80. The van der Waals surface area contributed by atoms with E-state index in [1.165, 1.54) is 5.56 Å². The molecular weight excluding hydrogens is 318 g/mol. The number of aliphatic hydroxyl groups is 1. The van der Waals surface area contributed by atoms with E-state index in [1.807, 2.05) is 19.9 Å². The Morgan fingerprint density at radius 1 is 1.32 bits per heavy atom.